The quantitative estimate of drug-likeness (QED) is 0.657. The number of morpholine rings is 1. The Morgan fingerprint density at radius 3 is 2.87 bits per heavy atom. The number of hydrogen-bond donors (Lipinski definition) is 3. The van der Waals surface area contributed by atoms with Gasteiger partial charge in [0.25, 0.3) is 0 Å². The molecule has 0 amide bonds. The summed E-state index contributed by atoms with van der Waals surface area (Å²) in [5.41, 5.74) is 1.06. The van der Waals surface area contributed by atoms with Gasteiger partial charge in [0, 0.05) is 6.54 Å². The van der Waals surface area contributed by atoms with Gasteiger partial charge in [0.2, 0.25) is 0 Å². The van der Waals surface area contributed by atoms with E-state index in [9.17, 15) is 14.5 Å². The molecule has 1 aromatic rings. The van der Waals surface area contributed by atoms with E-state index in [1.807, 2.05) is 13.0 Å². The minimum Gasteiger partial charge on any atom is -0.478 e. The van der Waals surface area contributed by atoms with Crippen molar-refractivity contribution in [3.05, 3.63) is 35.4 Å². The zero-order valence-electron chi connectivity index (χ0n) is 13.2. The third-order valence-corrected chi connectivity index (χ3v) is 5.31. The average Bonchev–Trinajstić information content (AvgIpc) is 2.60. The van der Waals surface area contributed by atoms with Gasteiger partial charge in [0.05, 0.1) is 26.7 Å². The van der Waals surface area contributed by atoms with Crippen molar-refractivity contribution < 1.29 is 24.3 Å². The van der Waals surface area contributed by atoms with Crippen molar-refractivity contribution in [3.63, 3.8) is 0 Å². The lowest BCUT2D eigenvalue weighted by atomic mass is 10.0. The monoisotopic (exact) mass is 341 g/mol. The molecule has 0 saturated carbocycles. The number of hydrogen-bond acceptors (Lipinski definition) is 5. The molecule has 2 unspecified atom stereocenters. The average molecular weight is 341 g/mol. The molecule has 128 valence electrons. The number of ether oxygens (including phenoxy) is 1. The first-order chi connectivity index (χ1) is 11.0. The molecular weight excluding hydrogens is 317 g/mol. The normalized spacial score (nSPS) is 24.6. The van der Waals surface area contributed by atoms with Crippen molar-refractivity contribution in [3.8, 4) is 0 Å². The van der Waals surface area contributed by atoms with E-state index in [0.29, 0.717) is 19.6 Å². The maximum Gasteiger partial charge on any atom is 0.335 e. The van der Waals surface area contributed by atoms with Crippen LogP contribution in [0, 0.1) is 0 Å². The second-order valence-electron chi connectivity index (χ2n) is 5.93. The molecule has 1 heterocycles. The predicted molar refractivity (Wildman–Crippen MR) is 88.8 cm³/mol. The molecule has 0 aliphatic carbocycles. The zero-order chi connectivity index (χ0) is 16.9. The molecule has 1 fully saturated rings. The third kappa shape index (κ3) is 4.42. The molecule has 2 rings (SSSR count). The van der Waals surface area contributed by atoms with E-state index in [4.69, 9.17) is 9.84 Å². The highest BCUT2D eigenvalue weighted by Gasteiger charge is 2.39. The Bertz CT molecular complexity index is 559. The highest BCUT2D eigenvalue weighted by molar-refractivity contribution is 7.25. The lowest BCUT2D eigenvalue weighted by molar-refractivity contribution is -0.0891. The fourth-order valence-electron chi connectivity index (χ4n) is 2.76. The van der Waals surface area contributed by atoms with Crippen LogP contribution >= 0.6 is 8.46 Å². The summed E-state index contributed by atoms with van der Waals surface area (Å²) >= 11 is 0. The number of unbranched alkanes of at least 4 members (excludes halogenated alkanes) is 1. The van der Waals surface area contributed by atoms with Crippen LogP contribution in [0.3, 0.4) is 0 Å². The Kier molecular flexibility index (Phi) is 6.36. The number of benzene rings is 1. The van der Waals surface area contributed by atoms with E-state index in [1.165, 1.54) is 0 Å². The van der Waals surface area contributed by atoms with Crippen molar-refractivity contribution in [2.45, 2.75) is 43.7 Å². The molecule has 23 heavy (non-hydrogen) atoms. The summed E-state index contributed by atoms with van der Waals surface area (Å²) in [6, 6.07) is 6.57. The Morgan fingerprint density at radius 2 is 2.30 bits per heavy atom. The fourth-order valence-corrected chi connectivity index (χ4v) is 3.45. The highest BCUT2D eigenvalue weighted by atomic mass is 31.1. The Hall–Kier alpha value is -1.20. The van der Waals surface area contributed by atoms with E-state index in [-0.39, 0.29) is 11.6 Å². The summed E-state index contributed by atoms with van der Waals surface area (Å²) in [6.07, 6.45) is 1.69. The van der Waals surface area contributed by atoms with Crippen molar-refractivity contribution in [2.75, 3.05) is 13.2 Å². The largest absolute Gasteiger partial charge is 0.478 e. The highest BCUT2D eigenvalue weighted by Crippen LogP contribution is 2.34. The van der Waals surface area contributed by atoms with E-state index in [0.717, 1.165) is 18.4 Å². The number of aromatic carboxylic acids is 1. The van der Waals surface area contributed by atoms with Gasteiger partial charge in [-0.3, -0.25) is 0 Å². The third-order valence-electron chi connectivity index (χ3n) is 4.24. The summed E-state index contributed by atoms with van der Waals surface area (Å²) < 4.78 is 17.2. The van der Waals surface area contributed by atoms with Gasteiger partial charge in [-0.15, -0.1) is 0 Å². The van der Waals surface area contributed by atoms with Crippen LogP contribution in [0.4, 0.5) is 0 Å². The van der Waals surface area contributed by atoms with Gasteiger partial charge in [-0.2, -0.15) is 0 Å². The van der Waals surface area contributed by atoms with E-state index in [2.05, 4.69) is 5.32 Å². The molecule has 6 nitrogen and oxygen atoms in total. The molecule has 0 bridgehead atoms. The second kappa shape index (κ2) is 8.06. The number of aliphatic hydroxyl groups is 1. The van der Waals surface area contributed by atoms with Gasteiger partial charge < -0.3 is 24.8 Å². The van der Waals surface area contributed by atoms with Crippen LogP contribution in [-0.2, 0) is 9.30 Å². The summed E-state index contributed by atoms with van der Waals surface area (Å²) in [4.78, 5) is 11.0. The second-order valence-corrected chi connectivity index (χ2v) is 7.16. The minimum absolute atomic E-state index is 0.136. The molecule has 4 atom stereocenters. The number of carboxylic acid groups (broad SMARTS) is 1. The van der Waals surface area contributed by atoms with Crippen LogP contribution in [0.25, 0.3) is 0 Å². The van der Waals surface area contributed by atoms with Crippen molar-refractivity contribution in [1.29, 1.82) is 0 Å². The first-order valence-corrected chi connectivity index (χ1v) is 8.92. The molecule has 1 aliphatic heterocycles. The van der Waals surface area contributed by atoms with Crippen LogP contribution in [0.5, 0.6) is 0 Å². The summed E-state index contributed by atoms with van der Waals surface area (Å²) in [6.45, 7) is 2.71. The number of nitrogens with one attached hydrogen (secondary N) is 1. The first-order valence-electron chi connectivity index (χ1n) is 7.87. The Morgan fingerprint density at radius 1 is 1.52 bits per heavy atom. The lowest BCUT2D eigenvalue weighted by Crippen LogP contribution is -2.51. The predicted octanol–water partition coefficient (Wildman–Crippen LogP) is 2.05. The van der Waals surface area contributed by atoms with Gasteiger partial charge in [0.1, 0.15) is 11.4 Å². The fraction of sp³-hybridized carbons (Fsp3) is 0.562. The smallest absolute Gasteiger partial charge is 0.335 e. The topological polar surface area (TPSA) is 95.9 Å². The van der Waals surface area contributed by atoms with Crippen LogP contribution in [0.1, 0.15) is 48.1 Å². The molecular formula is C16H24NO5P. The van der Waals surface area contributed by atoms with Gasteiger partial charge in [-0.05, 0) is 24.1 Å². The number of carboxylic acids is 1. The van der Waals surface area contributed by atoms with E-state index in [1.54, 1.807) is 18.2 Å². The van der Waals surface area contributed by atoms with Gasteiger partial charge in [-0.1, -0.05) is 31.9 Å². The maximum absolute atomic E-state index is 11.5. The standard InChI is InChI=1S/C16H24NO5P/c1-2-3-7-16(20,23-21)14-9-17-13(10-22-14)11-5-4-6-12(8-11)15(18)19/h4-6,8,13-14,17,20H,2-3,7,9-10,23H2,1H3,(H,18,19)/t13-,14-,16?/m0/s1. The summed E-state index contributed by atoms with van der Waals surface area (Å²) in [7, 11) is -1.35. The van der Waals surface area contributed by atoms with Crippen molar-refractivity contribution in [2.24, 2.45) is 0 Å². The molecule has 1 aromatic carbocycles. The molecule has 1 saturated heterocycles. The Labute approximate surface area is 137 Å². The molecule has 0 radical (unpaired) electrons. The minimum atomic E-state index is -1.35. The summed E-state index contributed by atoms with van der Waals surface area (Å²) in [5, 5.41) is 21.6. The first kappa shape index (κ1) is 18.1. The number of rotatable bonds is 7. The Balaban J connectivity index is 2.01. The van der Waals surface area contributed by atoms with Crippen LogP contribution in [-0.4, -0.2) is 40.8 Å². The van der Waals surface area contributed by atoms with Crippen molar-refractivity contribution >= 4 is 14.4 Å². The van der Waals surface area contributed by atoms with E-state index >= 15 is 0 Å². The van der Waals surface area contributed by atoms with Crippen LogP contribution in [0.2, 0.25) is 0 Å². The van der Waals surface area contributed by atoms with Crippen molar-refractivity contribution in [1.82, 2.24) is 5.32 Å². The number of carbonyl (C=O) groups is 1. The van der Waals surface area contributed by atoms with Crippen LogP contribution < -0.4 is 5.32 Å². The SMILES string of the molecule is CCCCC(O)([PH2]=O)[C@@H]1CN[C@H](c2cccc(C(=O)O)c2)CO1. The zero-order valence-corrected chi connectivity index (χ0v) is 14.4. The van der Waals surface area contributed by atoms with E-state index < -0.39 is 25.9 Å². The van der Waals surface area contributed by atoms with Gasteiger partial charge in [-0.25, -0.2) is 4.79 Å². The molecule has 3 N–H and O–H groups in total. The van der Waals surface area contributed by atoms with Crippen LogP contribution in [0.15, 0.2) is 24.3 Å². The van der Waals surface area contributed by atoms with Gasteiger partial charge >= 0.3 is 5.97 Å². The maximum atomic E-state index is 11.5. The lowest BCUT2D eigenvalue weighted by Gasteiger charge is -2.38. The van der Waals surface area contributed by atoms with Gasteiger partial charge in [0.15, 0.2) is 0 Å². The molecule has 0 aromatic heterocycles. The summed E-state index contributed by atoms with van der Waals surface area (Å²) in [5.74, 6) is -0.967. The molecule has 0 spiro atoms. The molecule has 7 heteroatoms. The molecule has 1 aliphatic rings.